The van der Waals surface area contributed by atoms with Crippen LogP contribution in [0.3, 0.4) is 0 Å². The van der Waals surface area contributed by atoms with E-state index in [0.717, 1.165) is 11.2 Å². The van der Waals surface area contributed by atoms with Crippen molar-refractivity contribution >= 4 is 21.6 Å². The smallest absolute Gasteiger partial charge is 0.0809 e. The maximum Gasteiger partial charge on any atom is 0.0809 e. The minimum absolute atomic E-state index is 0.213. The van der Waals surface area contributed by atoms with Crippen LogP contribution in [-0.2, 0) is 0 Å². The summed E-state index contributed by atoms with van der Waals surface area (Å²) >= 11 is 1.73. The second kappa shape index (κ2) is 5.69. The Kier molecular flexibility index (Phi) is 3.76. The Morgan fingerprint density at radius 2 is 2.00 bits per heavy atom. The lowest BCUT2D eigenvalue weighted by Gasteiger charge is -2.19. The Morgan fingerprint density at radius 3 is 2.80 bits per heavy atom. The first kappa shape index (κ1) is 13.2. The largest absolute Gasteiger partial charge is 0.302 e. The van der Waals surface area contributed by atoms with E-state index < -0.39 is 0 Å². The second-order valence-electron chi connectivity index (χ2n) is 4.94. The fourth-order valence-electron chi connectivity index (χ4n) is 2.29. The third-order valence-corrected chi connectivity index (χ3v) is 4.31. The van der Waals surface area contributed by atoms with Crippen LogP contribution in [0.15, 0.2) is 48.1 Å². The number of hydrogen-bond acceptors (Lipinski definition) is 4. The lowest BCUT2D eigenvalue weighted by molar-refractivity contribution is 0.486. The standard InChI is InChI=1S/C16H17N3S/c1-11(19-12(2)14-5-3-4-7-17-14)13-9-16-15(18-10-13)6-8-20-16/h3-12,19H,1-2H3. The molecule has 3 heterocycles. The van der Waals surface area contributed by atoms with Crippen molar-refractivity contribution in [3.05, 3.63) is 59.4 Å². The van der Waals surface area contributed by atoms with Gasteiger partial charge >= 0.3 is 0 Å². The zero-order valence-electron chi connectivity index (χ0n) is 11.6. The number of nitrogens with zero attached hydrogens (tertiary/aromatic N) is 2. The number of hydrogen-bond donors (Lipinski definition) is 1. The summed E-state index contributed by atoms with van der Waals surface area (Å²) in [6.07, 6.45) is 3.79. The molecule has 2 unspecified atom stereocenters. The lowest BCUT2D eigenvalue weighted by Crippen LogP contribution is -2.23. The normalized spacial score (nSPS) is 14.3. The van der Waals surface area contributed by atoms with Crippen LogP contribution in [-0.4, -0.2) is 9.97 Å². The Bertz CT molecular complexity index is 693. The maximum atomic E-state index is 4.50. The molecule has 2 atom stereocenters. The second-order valence-corrected chi connectivity index (χ2v) is 5.88. The molecule has 102 valence electrons. The molecule has 4 heteroatoms. The minimum atomic E-state index is 0.213. The Labute approximate surface area is 122 Å². The van der Waals surface area contributed by atoms with Crippen molar-refractivity contribution in [1.82, 2.24) is 15.3 Å². The molecule has 0 saturated carbocycles. The van der Waals surface area contributed by atoms with E-state index in [9.17, 15) is 0 Å². The molecule has 0 aliphatic carbocycles. The minimum Gasteiger partial charge on any atom is -0.302 e. The highest BCUT2D eigenvalue weighted by molar-refractivity contribution is 7.17. The Balaban J connectivity index is 1.76. The van der Waals surface area contributed by atoms with Gasteiger partial charge in [-0.05, 0) is 49.1 Å². The Morgan fingerprint density at radius 1 is 1.10 bits per heavy atom. The number of thiophene rings is 1. The van der Waals surface area contributed by atoms with Crippen LogP contribution in [0.25, 0.3) is 10.2 Å². The summed E-state index contributed by atoms with van der Waals surface area (Å²) in [6, 6.07) is 10.7. The first-order chi connectivity index (χ1) is 9.74. The van der Waals surface area contributed by atoms with E-state index in [2.05, 4.69) is 46.6 Å². The topological polar surface area (TPSA) is 37.8 Å². The molecule has 0 aliphatic heterocycles. The summed E-state index contributed by atoms with van der Waals surface area (Å²) in [5.74, 6) is 0. The molecule has 0 amide bonds. The number of pyridine rings is 2. The highest BCUT2D eigenvalue weighted by Crippen LogP contribution is 2.24. The van der Waals surface area contributed by atoms with Gasteiger partial charge in [-0.15, -0.1) is 11.3 Å². The first-order valence-corrected chi connectivity index (χ1v) is 7.62. The number of aromatic nitrogens is 2. The molecule has 0 aromatic carbocycles. The van der Waals surface area contributed by atoms with Gasteiger partial charge in [0, 0.05) is 24.5 Å². The molecule has 20 heavy (non-hydrogen) atoms. The van der Waals surface area contributed by atoms with Gasteiger partial charge in [-0.2, -0.15) is 0 Å². The third kappa shape index (κ3) is 2.71. The van der Waals surface area contributed by atoms with Crippen LogP contribution in [0.4, 0.5) is 0 Å². The first-order valence-electron chi connectivity index (χ1n) is 6.74. The fraction of sp³-hybridized carbons (Fsp3) is 0.250. The van der Waals surface area contributed by atoms with Crippen LogP contribution in [0.1, 0.15) is 37.2 Å². The van der Waals surface area contributed by atoms with E-state index in [4.69, 9.17) is 0 Å². The third-order valence-electron chi connectivity index (χ3n) is 3.46. The molecular formula is C16H17N3S. The monoisotopic (exact) mass is 283 g/mol. The summed E-state index contributed by atoms with van der Waals surface area (Å²) in [5, 5.41) is 5.65. The zero-order valence-corrected chi connectivity index (χ0v) is 12.4. The number of nitrogens with one attached hydrogen (secondary N) is 1. The van der Waals surface area contributed by atoms with Crippen LogP contribution in [0, 0.1) is 0 Å². The molecule has 0 radical (unpaired) electrons. The van der Waals surface area contributed by atoms with Crippen molar-refractivity contribution in [2.75, 3.05) is 0 Å². The van der Waals surface area contributed by atoms with Crippen LogP contribution < -0.4 is 5.32 Å². The molecule has 1 N–H and O–H groups in total. The maximum absolute atomic E-state index is 4.50. The lowest BCUT2D eigenvalue weighted by atomic mass is 10.1. The van der Waals surface area contributed by atoms with E-state index in [1.165, 1.54) is 10.3 Å². The van der Waals surface area contributed by atoms with Gasteiger partial charge in [-0.1, -0.05) is 6.07 Å². The van der Waals surface area contributed by atoms with E-state index in [1.54, 1.807) is 11.3 Å². The van der Waals surface area contributed by atoms with E-state index >= 15 is 0 Å². The molecule has 3 rings (SSSR count). The van der Waals surface area contributed by atoms with Crippen LogP contribution in [0.2, 0.25) is 0 Å². The number of fused-ring (bicyclic) bond motifs is 1. The SMILES string of the molecule is CC(NC(C)c1ccccn1)c1cnc2ccsc2c1. The van der Waals surface area contributed by atoms with Crippen LogP contribution in [0.5, 0.6) is 0 Å². The van der Waals surface area contributed by atoms with Gasteiger partial charge in [0.2, 0.25) is 0 Å². The molecule has 0 bridgehead atoms. The quantitative estimate of drug-likeness (QED) is 0.783. The summed E-state index contributed by atoms with van der Waals surface area (Å²) in [7, 11) is 0. The van der Waals surface area contributed by atoms with Gasteiger partial charge in [0.25, 0.3) is 0 Å². The zero-order chi connectivity index (χ0) is 13.9. The van der Waals surface area contributed by atoms with Crippen molar-refractivity contribution in [3.63, 3.8) is 0 Å². The van der Waals surface area contributed by atoms with Gasteiger partial charge in [0.1, 0.15) is 0 Å². The fourth-order valence-corrected chi connectivity index (χ4v) is 3.08. The predicted molar refractivity (Wildman–Crippen MR) is 83.8 cm³/mol. The van der Waals surface area contributed by atoms with E-state index in [1.807, 2.05) is 30.6 Å². The van der Waals surface area contributed by atoms with Gasteiger partial charge in [-0.25, -0.2) is 0 Å². The molecule has 0 aliphatic rings. The van der Waals surface area contributed by atoms with Crippen molar-refractivity contribution in [2.45, 2.75) is 25.9 Å². The van der Waals surface area contributed by atoms with E-state index in [0.29, 0.717) is 0 Å². The Hall–Kier alpha value is -1.78. The van der Waals surface area contributed by atoms with Crippen molar-refractivity contribution in [3.8, 4) is 0 Å². The van der Waals surface area contributed by atoms with Crippen molar-refractivity contribution < 1.29 is 0 Å². The molecule has 3 aromatic rings. The summed E-state index contributed by atoms with van der Waals surface area (Å²) in [5.41, 5.74) is 3.34. The molecule has 0 spiro atoms. The van der Waals surface area contributed by atoms with Crippen molar-refractivity contribution in [2.24, 2.45) is 0 Å². The van der Waals surface area contributed by atoms with Gasteiger partial charge < -0.3 is 5.32 Å². The average Bonchev–Trinajstić information content (AvgIpc) is 2.95. The highest BCUT2D eigenvalue weighted by atomic mass is 32.1. The molecule has 0 saturated heterocycles. The van der Waals surface area contributed by atoms with Gasteiger partial charge in [0.15, 0.2) is 0 Å². The summed E-state index contributed by atoms with van der Waals surface area (Å²) in [6.45, 7) is 4.30. The van der Waals surface area contributed by atoms with Crippen molar-refractivity contribution in [1.29, 1.82) is 0 Å². The average molecular weight is 283 g/mol. The summed E-state index contributed by atoms with van der Waals surface area (Å²) < 4.78 is 1.24. The van der Waals surface area contributed by atoms with Crippen LogP contribution >= 0.6 is 11.3 Å². The molecule has 3 aromatic heterocycles. The van der Waals surface area contributed by atoms with Gasteiger partial charge in [0.05, 0.1) is 15.9 Å². The highest BCUT2D eigenvalue weighted by Gasteiger charge is 2.12. The number of rotatable bonds is 4. The summed E-state index contributed by atoms with van der Waals surface area (Å²) in [4.78, 5) is 8.89. The van der Waals surface area contributed by atoms with E-state index in [-0.39, 0.29) is 12.1 Å². The molecular weight excluding hydrogens is 266 g/mol. The molecule has 0 fully saturated rings. The van der Waals surface area contributed by atoms with Gasteiger partial charge in [-0.3, -0.25) is 9.97 Å². The molecule has 3 nitrogen and oxygen atoms in total. The predicted octanol–water partition coefficient (Wildman–Crippen LogP) is 4.10.